The number of carbonyl (C=O) groups is 2. The van der Waals surface area contributed by atoms with Crippen LogP contribution in [0.15, 0.2) is 35.5 Å². The van der Waals surface area contributed by atoms with Crippen LogP contribution < -0.4 is 0 Å². The van der Waals surface area contributed by atoms with Gasteiger partial charge in [-0.25, -0.2) is 10.0 Å². The highest BCUT2D eigenvalue weighted by Crippen LogP contribution is 2.34. The molecule has 2 aliphatic heterocycles. The van der Waals surface area contributed by atoms with Crippen LogP contribution in [0.2, 0.25) is 0 Å². The number of hydrogen-bond donors (Lipinski definition) is 0. The first-order valence-electron chi connectivity index (χ1n) is 9.01. The molecule has 6 nitrogen and oxygen atoms in total. The summed E-state index contributed by atoms with van der Waals surface area (Å²) < 4.78 is 0. The largest absolute Gasteiger partial charge is 0.382 e. The van der Waals surface area contributed by atoms with Crippen LogP contribution in [-0.4, -0.2) is 39.2 Å². The zero-order chi connectivity index (χ0) is 19.1. The third-order valence-corrected chi connectivity index (χ3v) is 4.95. The van der Waals surface area contributed by atoms with E-state index in [0.717, 1.165) is 11.3 Å². The van der Waals surface area contributed by atoms with Gasteiger partial charge in [-0.1, -0.05) is 56.3 Å². The Bertz CT molecular complexity index is 734. The Morgan fingerprint density at radius 1 is 1.27 bits per heavy atom. The molecule has 1 fully saturated rings. The van der Waals surface area contributed by atoms with Gasteiger partial charge in [0.15, 0.2) is 0 Å². The fraction of sp³-hybridized carbons (Fsp3) is 0.550. The first-order valence-corrected chi connectivity index (χ1v) is 9.01. The van der Waals surface area contributed by atoms with Crippen molar-refractivity contribution in [3.63, 3.8) is 0 Å². The van der Waals surface area contributed by atoms with Gasteiger partial charge in [-0.05, 0) is 19.4 Å². The van der Waals surface area contributed by atoms with Crippen LogP contribution in [0.25, 0.3) is 0 Å². The third-order valence-electron chi connectivity index (χ3n) is 4.95. The monoisotopic (exact) mass is 357 g/mol. The molecule has 0 saturated carbocycles. The number of benzene rings is 1. The highest BCUT2D eigenvalue weighted by atomic mass is 16.6. The molecule has 140 valence electrons. The van der Waals surface area contributed by atoms with Gasteiger partial charge in [0.25, 0.3) is 5.91 Å². The van der Waals surface area contributed by atoms with Gasteiger partial charge in [-0.2, -0.15) is 0 Å². The fourth-order valence-electron chi connectivity index (χ4n) is 3.31. The van der Waals surface area contributed by atoms with E-state index in [4.69, 9.17) is 4.84 Å². The lowest BCUT2D eigenvalue weighted by Gasteiger charge is -2.35. The van der Waals surface area contributed by atoms with Crippen LogP contribution in [0.3, 0.4) is 0 Å². The van der Waals surface area contributed by atoms with Crippen molar-refractivity contribution in [3.8, 4) is 0 Å². The van der Waals surface area contributed by atoms with Crippen molar-refractivity contribution in [2.24, 2.45) is 10.6 Å². The summed E-state index contributed by atoms with van der Waals surface area (Å²) in [4.78, 5) is 31.1. The normalized spacial score (nSPS) is 23.1. The van der Waals surface area contributed by atoms with Crippen molar-refractivity contribution in [3.05, 3.63) is 35.9 Å². The summed E-state index contributed by atoms with van der Waals surface area (Å²) in [6.45, 7) is 10.6. The van der Waals surface area contributed by atoms with Crippen LogP contribution in [0.5, 0.6) is 0 Å². The summed E-state index contributed by atoms with van der Waals surface area (Å²) in [6, 6.07) is 9.85. The van der Waals surface area contributed by atoms with E-state index in [1.807, 2.05) is 70.0 Å². The number of nitrogens with zero attached hydrogens (tertiary/aromatic N) is 3. The second kappa shape index (κ2) is 6.50. The predicted molar refractivity (Wildman–Crippen MR) is 98.9 cm³/mol. The quantitative estimate of drug-likeness (QED) is 0.780. The molecule has 2 amide bonds. The van der Waals surface area contributed by atoms with Crippen LogP contribution in [-0.2, 0) is 21.0 Å². The number of oxime groups is 1. The van der Waals surface area contributed by atoms with E-state index in [-0.39, 0.29) is 17.2 Å². The molecule has 6 heteroatoms. The van der Waals surface area contributed by atoms with Crippen molar-refractivity contribution in [1.29, 1.82) is 0 Å². The molecule has 26 heavy (non-hydrogen) atoms. The summed E-state index contributed by atoms with van der Waals surface area (Å²) in [5.41, 5.74) is 1.30. The summed E-state index contributed by atoms with van der Waals surface area (Å²) in [7, 11) is 0. The highest BCUT2D eigenvalue weighted by molar-refractivity contribution is 6.02. The Morgan fingerprint density at radius 3 is 2.50 bits per heavy atom. The molecule has 0 N–H and O–H groups in total. The molecule has 0 bridgehead atoms. The molecule has 1 aromatic carbocycles. The zero-order valence-electron chi connectivity index (χ0n) is 16.2. The predicted octanol–water partition coefficient (Wildman–Crippen LogP) is 3.13. The minimum absolute atomic E-state index is 0.160. The molecule has 0 spiro atoms. The number of hydrazine groups is 1. The number of carbonyl (C=O) groups excluding carboxylic acids is 2. The van der Waals surface area contributed by atoms with Crippen LogP contribution in [0, 0.1) is 5.41 Å². The summed E-state index contributed by atoms with van der Waals surface area (Å²) >= 11 is 0. The maximum atomic E-state index is 13.1. The first-order chi connectivity index (χ1) is 12.1. The Balaban J connectivity index is 1.80. The van der Waals surface area contributed by atoms with E-state index in [0.29, 0.717) is 19.4 Å². The van der Waals surface area contributed by atoms with Gasteiger partial charge in [-0.15, -0.1) is 0 Å². The lowest BCUT2D eigenvalue weighted by atomic mass is 9.87. The zero-order valence-corrected chi connectivity index (χ0v) is 16.2. The van der Waals surface area contributed by atoms with E-state index in [1.165, 1.54) is 5.01 Å². The van der Waals surface area contributed by atoms with Crippen LogP contribution >= 0.6 is 0 Å². The van der Waals surface area contributed by atoms with Gasteiger partial charge < -0.3 is 4.84 Å². The van der Waals surface area contributed by atoms with Crippen molar-refractivity contribution in [2.75, 3.05) is 0 Å². The Morgan fingerprint density at radius 2 is 1.92 bits per heavy atom. The molecule has 0 aromatic heterocycles. The smallest absolute Gasteiger partial charge is 0.288 e. The SMILES string of the molecule is CC(C)(C)C1=NO[C@H](C(=O)N2C(=O)CC(C)(C)N2Cc2ccccc2)C1. The summed E-state index contributed by atoms with van der Waals surface area (Å²) in [6.07, 6.45) is -0.0165. The second-order valence-electron chi connectivity index (χ2n) is 8.66. The molecule has 2 heterocycles. The third kappa shape index (κ3) is 3.51. The Kier molecular flexibility index (Phi) is 4.65. The molecule has 3 rings (SSSR count). The van der Waals surface area contributed by atoms with Crippen molar-refractivity contribution in [1.82, 2.24) is 10.0 Å². The molecule has 0 radical (unpaired) electrons. The molecule has 1 aromatic rings. The average Bonchev–Trinajstić information content (AvgIpc) is 3.11. The molecule has 0 aliphatic carbocycles. The van der Waals surface area contributed by atoms with Gasteiger partial charge in [0.2, 0.25) is 12.0 Å². The minimum atomic E-state index is -0.736. The van der Waals surface area contributed by atoms with Gasteiger partial charge in [-0.3, -0.25) is 9.59 Å². The van der Waals surface area contributed by atoms with Crippen LogP contribution in [0.1, 0.15) is 53.0 Å². The topological polar surface area (TPSA) is 62.2 Å². The maximum Gasteiger partial charge on any atom is 0.288 e. The molecule has 1 saturated heterocycles. The van der Waals surface area contributed by atoms with E-state index in [9.17, 15) is 9.59 Å². The van der Waals surface area contributed by atoms with E-state index >= 15 is 0 Å². The molecule has 1 atom stereocenters. The number of rotatable bonds is 3. The standard InChI is InChI=1S/C20H27N3O3/c1-19(2,3)16-11-15(26-21-16)18(25)23-17(24)12-20(4,5)22(23)13-14-9-7-6-8-10-14/h6-10,15H,11-13H2,1-5H3/t15-/m0/s1. The fourth-order valence-corrected chi connectivity index (χ4v) is 3.31. The molecular weight excluding hydrogens is 330 g/mol. The molecule has 0 unspecified atom stereocenters. The van der Waals surface area contributed by atoms with Crippen LogP contribution in [0.4, 0.5) is 0 Å². The van der Waals surface area contributed by atoms with Gasteiger partial charge in [0.1, 0.15) is 0 Å². The number of amides is 2. The first kappa shape index (κ1) is 18.6. The Labute approximate surface area is 154 Å². The average molecular weight is 357 g/mol. The van der Waals surface area contributed by atoms with E-state index < -0.39 is 11.6 Å². The van der Waals surface area contributed by atoms with Crippen molar-refractivity contribution < 1.29 is 14.4 Å². The lowest BCUT2D eigenvalue weighted by molar-refractivity contribution is -0.169. The maximum absolute atomic E-state index is 13.1. The summed E-state index contributed by atoms with van der Waals surface area (Å²) in [5, 5.41) is 7.22. The van der Waals surface area contributed by atoms with E-state index in [2.05, 4.69) is 5.16 Å². The second-order valence-corrected chi connectivity index (χ2v) is 8.66. The highest BCUT2D eigenvalue weighted by Gasteiger charge is 2.49. The lowest BCUT2D eigenvalue weighted by Crippen LogP contribution is -2.52. The van der Waals surface area contributed by atoms with Gasteiger partial charge >= 0.3 is 0 Å². The van der Waals surface area contributed by atoms with Crippen molar-refractivity contribution >= 4 is 17.5 Å². The van der Waals surface area contributed by atoms with Gasteiger partial charge in [0.05, 0.1) is 5.71 Å². The Hall–Kier alpha value is -2.21. The molecular formula is C20H27N3O3. The molecule has 2 aliphatic rings. The number of hydrogen-bond acceptors (Lipinski definition) is 5. The summed E-state index contributed by atoms with van der Waals surface area (Å²) in [5.74, 6) is -0.525. The van der Waals surface area contributed by atoms with Gasteiger partial charge in [0, 0.05) is 30.3 Å². The van der Waals surface area contributed by atoms with Crippen molar-refractivity contribution in [2.45, 2.75) is 65.6 Å². The minimum Gasteiger partial charge on any atom is -0.382 e. The van der Waals surface area contributed by atoms with E-state index in [1.54, 1.807) is 0 Å². The number of imide groups is 1.